The highest BCUT2D eigenvalue weighted by Crippen LogP contribution is 2.39. The van der Waals surface area contributed by atoms with E-state index in [1.807, 2.05) is 25.1 Å². The molecule has 0 spiro atoms. The molecule has 0 bridgehead atoms. The standard InChI is InChI=1S/C15H18BrNO4/c1-9-3-4-10(7-12(9)16)14-11(15(19)20)8-13(18)17(14)5-6-21-2/h3-4,7,11,14H,5-6,8H2,1-2H3,(H,19,20). The number of carboxylic acids is 1. The van der Waals surface area contributed by atoms with E-state index in [4.69, 9.17) is 4.74 Å². The molecule has 6 heteroatoms. The van der Waals surface area contributed by atoms with Crippen molar-refractivity contribution in [2.75, 3.05) is 20.3 Å². The van der Waals surface area contributed by atoms with Gasteiger partial charge in [-0.15, -0.1) is 0 Å². The van der Waals surface area contributed by atoms with Crippen molar-refractivity contribution >= 4 is 27.8 Å². The maximum absolute atomic E-state index is 12.1. The molecule has 1 heterocycles. The van der Waals surface area contributed by atoms with Crippen LogP contribution in [0, 0.1) is 12.8 Å². The monoisotopic (exact) mass is 355 g/mol. The molecule has 1 aliphatic heterocycles. The Labute approximate surface area is 132 Å². The number of amides is 1. The van der Waals surface area contributed by atoms with Gasteiger partial charge in [0.05, 0.1) is 18.6 Å². The molecule has 2 atom stereocenters. The molecule has 1 fully saturated rings. The van der Waals surface area contributed by atoms with E-state index in [0.717, 1.165) is 15.6 Å². The predicted molar refractivity (Wildman–Crippen MR) is 81.0 cm³/mol. The molecular weight excluding hydrogens is 338 g/mol. The van der Waals surface area contributed by atoms with Crippen molar-refractivity contribution in [1.29, 1.82) is 0 Å². The van der Waals surface area contributed by atoms with Crippen LogP contribution in [0.4, 0.5) is 0 Å². The van der Waals surface area contributed by atoms with Crippen LogP contribution in [0.5, 0.6) is 0 Å². The summed E-state index contributed by atoms with van der Waals surface area (Å²) in [7, 11) is 1.56. The molecule has 2 rings (SSSR count). The smallest absolute Gasteiger partial charge is 0.309 e. The van der Waals surface area contributed by atoms with Gasteiger partial charge in [-0.3, -0.25) is 9.59 Å². The van der Waals surface area contributed by atoms with Gasteiger partial charge in [0.25, 0.3) is 0 Å². The fourth-order valence-electron chi connectivity index (χ4n) is 2.67. The number of halogens is 1. The number of benzene rings is 1. The highest BCUT2D eigenvalue weighted by Gasteiger charge is 2.44. The van der Waals surface area contributed by atoms with Gasteiger partial charge in [0.15, 0.2) is 0 Å². The fraction of sp³-hybridized carbons (Fsp3) is 0.467. The molecule has 0 saturated carbocycles. The molecule has 1 aromatic carbocycles. The SMILES string of the molecule is COCCN1C(=O)CC(C(=O)O)C1c1ccc(C)c(Br)c1. The molecule has 1 N–H and O–H groups in total. The van der Waals surface area contributed by atoms with Crippen LogP contribution in [0.2, 0.25) is 0 Å². The van der Waals surface area contributed by atoms with Gasteiger partial charge >= 0.3 is 5.97 Å². The Bertz CT molecular complexity index is 561. The first-order valence-electron chi connectivity index (χ1n) is 6.73. The maximum Gasteiger partial charge on any atom is 0.309 e. The summed E-state index contributed by atoms with van der Waals surface area (Å²) in [6.45, 7) is 2.75. The van der Waals surface area contributed by atoms with Crippen LogP contribution in [0.1, 0.15) is 23.6 Å². The van der Waals surface area contributed by atoms with Gasteiger partial charge in [-0.1, -0.05) is 28.1 Å². The number of nitrogens with zero attached hydrogens (tertiary/aromatic N) is 1. The lowest BCUT2D eigenvalue weighted by Crippen LogP contribution is -2.33. The number of likely N-dealkylation sites (tertiary alicyclic amines) is 1. The lowest BCUT2D eigenvalue weighted by Gasteiger charge is -2.27. The van der Waals surface area contributed by atoms with Crippen LogP contribution in [0.15, 0.2) is 22.7 Å². The Morgan fingerprint density at radius 1 is 1.52 bits per heavy atom. The van der Waals surface area contributed by atoms with Crippen molar-refractivity contribution in [3.63, 3.8) is 0 Å². The van der Waals surface area contributed by atoms with Crippen molar-refractivity contribution < 1.29 is 19.4 Å². The van der Waals surface area contributed by atoms with E-state index in [2.05, 4.69) is 15.9 Å². The summed E-state index contributed by atoms with van der Waals surface area (Å²) in [5.41, 5.74) is 1.90. The predicted octanol–water partition coefficient (Wildman–Crippen LogP) is 2.38. The number of rotatable bonds is 5. The van der Waals surface area contributed by atoms with Crippen LogP contribution in [-0.2, 0) is 14.3 Å². The van der Waals surface area contributed by atoms with Gasteiger partial charge in [-0.05, 0) is 24.1 Å². The highest BCUT2D eigenvalue weighted by molar-refractivity contribution is 9.10. The third kappa shape index (κ3) is 3.27. The van der Waals surface area contributed by atoms with Crippen molar-refractivity contribution in [3.05, 3.63) is 33.8 Å². The zero-order valence-corrected chi connectivity index (χ0v) is 13.6. The van der Waals surface area contributed by atoms with Gasteiger partial charge in [-0.25, -0.2) is 0 Å². The molecule has 2 unspecified atom stereocenters. The second kappa shape index (κ2) is 6.58. The number of hydrogen-bond donors (Lipinski definition) is 1. The van der Waals surface area contributed by atoms with Crippen LogP contribution in [0.25, 0.3) is 0 Å². The first-order valence-corrected chi connectivity index (χ1v) is 7.52. The van der Waals surface area contributed by atoms with Crippen LogP contribution in [0.3, 0.4) is 0 Å². The fourth-order valence-corrected chi connectivity index (χ4v) is 3.07. The van der Waals surface area contributed by atoms with Crippen molar-refractivity contribution in [1.82, 2.24) is 4.90 Å². The van der Waals surface area contributed by atoms with Crippen molar-refractivity contribution in [2.45, 2.75) is 19.4 Å². The molecule has 0 radical (unpaired) electrons. The van der Waals surface area contributed by atoms with Crippen LogP contribution < -0.4 is 0 Å². The Kier molecular flexibility index (Phi) is 5.00. The van der Waals surface area contributed by atoms with Crippen molar-refractivity contribution in [2.24, 2.45) is 5.92 Å². The van der Waals surface area contributed by atoms with E-state index in [0.29, 0.717) is 13.2 Å². The summed E-state index contributed by atoms with van der Waals surface area (Å²) in [6, 6.07) is 5.27. The van der Waals surface area contributed by atoms with Gasteiger partial charge in [0.1, 0.15) is 0 Å². The van der Waals surface area contributed by atoms with Crippen LogP contribution in [-0.4, -0.2) is 42.1 Å². The van der Waals surface area contributed by atoms with Gasteiger partial charge in [0.2, 0.25) is 5.91 Å². The normalized spacial score (nSPS) is 21.9. The maximum atomic E-state index is 12.1. The van der Waals surface area contributed by atoms with Gasteiger partial charge in [-0.2, -0.15) is 0 Å². The largest absolute Gasteiger partial charge is 0.481 e. The minimum atomic E-state index is -0.940. The lowest BCUT2D eigenvalue weighted by atomic mass is 9.93. The quantitative estimate of drug-likeness (QED) is 0.880. The summed E-state index contributed by atoms with van der Waals surface area (Å²) in [4.78, 5) is 25.2. The number of carbonyl (C=O) groups is 2. The molecule has 0 aliphatic carbocycles. The Hall–Kier alpha value is -1.40. The highest BCUT2D eigenvalue weighted by atomic mass is 79.9. The number of aliphatic carboxylic acids is 1. The van der Waals surface area contributed by atoms with Gasteiger partial charge < -0.3 is 14.7 Å². The molecule has 0 aromatic heterocycles. The van der Waals surface area contributed by atoms with E-state index in [-0.39, 0.29) is 12.3 Å². The summed E-state index contributed by atoms with van der Waals surface area (Å²) in [6.07, 6.45) is 0.0369. The number of methoxy groups -OCH3 is 1. The second-order valence-corrected chi connectivity index (χ2v) is 6.04. The first kappa shape index (κ1) is 16.0. The summed E-state index contributed by atoms with van der Waals surface area (Å²) >= 11 is 3.46. The Morgan fingerprint density at radius 2 is 2.24 bits per heavy atom. The average molecular weight is 356 g/mol. The topological polar surface area (TPSA) is 66.8 Å². The zero-order valence-electron chi connectivity index (χ0n) is 12.0. The summed E-state index contributed by atoms with van der Waals surface area (Å²) in [5, 5.41) is 9.41. The van der Waals surface area contributed by atoms with E-state index < -0.39 is 17.9 Å². The van der Waals surface area contributed by atoms with E-state index in [1.54, 1.807) is 12.0 Å². The molecule has 1 aliphatic rings. The second-order valence-electron chi connectivity index (χ2n) is 5.18. The summed E-state index contributed by atoms with van der Waals surface area (Å²) < 4.78 is 5.94. The van der Waals surface area contributed by atoms with Gasteiger partial charge in [0, 0.05) is 24.5 Å². The number of carbonyl (C=O) groups excluding carboxylic acids is 1. The first-order chi connectivity index (χ1) is 9.95. The Balaban J connectivity index is 2.38. The number of hydrogen-bond acceptors (Lipinski definition) is 3. The van der Waals surface area contributed by atoms with E-state index in [1.165, 1.54) is 0 Å². The van der Waals surface area contributed by atoms with E-state index in [9.17, 15) is 14.7 Å². The number of ether oxygens (including phenoxy) is 1. The third-order valence-corrected chi connectivity index (χ3v) is 4.68. The minimum absolute atomic E-state index is 0.0369. The van der Waals surface area contributed by atoms with Crippen LogP contribution >= 0.6 is 15.9 Å². The molecular formula is C15H18BrNO4. The summed E-state index contributed by atoms with van der Waals surface area (Å²) in [5.74, 6) is -1.80. The van der Waals surface area contributed by atoms with E-state index >= 15 is 0 Å². The molecule has 1 aromatic rings. The molecule has 114 valence electrons. The third-order valence-electron chi connectivity index (χ3n) is 3.82. The number of aryl methyl sites for hydroxylation is 1. The zero-order chi connectivity index (χ0) is 15.6. The molecule has 1 amide bonds. The number of carboxylic acid groups (broad SMARTS) is 1. The Morgan fingerprint density at radius 3 is 2.81 bits per heavy atom. The van der Waals surface area contributed by atoms with Crippen molar-refractivity contribution in [3.8, 4) is 0 Å². The lowest BCUT2D eigenvalue weighted by molar-refractivity contribution is -0.142. The molecule has 21 heavy (non-hydrogen) atoms. The average Bonchev–Trinajstić information content (AvgIpc) is 2.77. The molecule has 5 nitrogen and oxygen atoms in total. The minimum Gasteiger partial charge on any atom is -0.481 e. The molecule has 1 saturated heterocycles.